The van der Waals surface area contributed by atoms with Crippen LogP contribution >= 0.6 is 34.9 Å². The second-order valence-corrected chi connectivity index (χ2v) is 11.3. The number of hydrogen-bond acceptors (Lipinski definition) is 8. The summed E-state index contributed by atoms with van der Waals surface area (Å²) < 4.78 is 24.1. The van der Waals surface area contributed by atoms with E-state index in [2.05, 4.69) is 29.4 Å². The number of nitrogens with zero attached hydrogens (tertiary/aromatic N) is 2. The zero-order chi connectivity index (χ0) is 19.3. The predicted molar refractivity (Wildman–Crippen MR) is 107 cm³/mol. The maximum atomic E-state index is 12.3. The standard InChI is InChI=1S/C15H20N4O3S4/c1-9(2)8-23-14-18-19-15(25-14)24-10(3)13(20)17-11-4-6-12(7-5-11)26(16,21)22/h4-7,9-10H,8H2,1-3H3,(H,17,20)(H2,16,21,22)/t10-/m0/s1. The minimum absolute atomic E-state index is 0.00166. The lowest BCUT2D eigenvalue weighted by molar-refractivity contribution is -0.115. The van der Waals surface area contributed by atoms with Gasteiger partial charge in [-0.2, -0.15) is 0 Å². The van der Waals surface area contributed by atoms with Crippen molar-refractivity contribution < 1.29 is 13.2 Å². The van der Waals surface area contributed by atoms with Crippen molar-refractivity contribution in [1.29, 1.82) is 0 Å². The van der Waals surface area contributed by atoms with Crippen LogP contribution in [-0.2, 0) is 14.8 Å². The number of primary sulfonamides is 1. The molecule has 0 saturated heterocycles. The molecule has 0 fully saturated rings. The molecule has 11 heteroatoms. The third-order valence-electron chi connectivity index (χ3n) is 3.03. The number of aromatic nitrogens is 2. The molecule has 0 aliphatic heterocycles. The highest BCUT2D eigenvalue weighted by atomic mass is 32.2. The fourth-order valence-electron chi connectivity index (χ4n) is 1.72. The summed E-state index contributed by atoms with van der Waals surface area (Å²) in [6, 6.07) is 5.71. The Hall–Kier alpha value is -1.14. The lowest BCUT2D eigenvalue weighted by Gasteiger charge is -2.10. The SMILES string of the molecule is CC(C)CSc1nnc(S[C@@H](C)C(=O)Nc2ccc(S(N)(=O)=O)cc2)s1. The average Bonchev–Trinajstić information content (AvgIpc) is 3.00. The summed E-state index contributed by atoms with van der Waals surface area (Å²) in [5.74, 6) is 1.35. The molecular formula is C15H20N4O3S4. The Morgan fingerprint density at radius 2 is 1.81 bits per heavy atom. The van der Waals surface area contributed by atoms with E-state index in [1.807, 2.05) is 0 Å². The van der Waals surface area contributed by atoms with E-state index in [4.69, 9.17) is 5.14 Å². The van der Waals surface area contributed by atoms with Crippen molar-refractivity contribution in [1.82, 2.24) is 10.2 Å². The minimum Gasteiger partial charge on any atom is -0.325 e. The topological polar surface area (TPSA) is 115 Å². The van der Waals surface area contributed by atoms with E-state index in [0.717, 1.165) is 14.4 Å². The fraction of sp³-hybridized carbons (Fsp3) is 0.400. The quantitative estimate of drug-likeness (QED) is 0.616. The Kier molecular flexibility index (Phi) is 7.47. The van der Waals surface area contributed by atoms with Crippen LogP contribution in [0.5, 0.6) is 0 Å². The summed E-state index contributed by atoms with van der Waals surface area (Å²) >= 11 is 4.47. The normalized spacial score (nSPS) is 13.0. The molecule has 0 aliphatic rings. The molecule has 2 rings (SSSR count). The molecular weight excluding hydrogens is 412 g/mol. The molecule has 1 aromatic heterocycles. The van der Waals surface area contributed by atoms with E-state index in [1.165, 1.54) is 47.4 Å². The van der Waals surface area contributed by atoms with E-state index in [0.29, 0.717) is 11.6 Å². The van der Waals surface area contributed by atoms with Gasteiger partial charge in [-0.15, -0.1) is 10.2 Å². The van der Waals surface area contributed by atoms with Gasteiger partial charge in [0.25, 0.3) is 0 Å². The highest BCUT2D eigenvalue weighted by molar-refractivity contribution is 8.04. The molecule has 26 heavy (non-hydrogen) atoms. The van der Waals surface area contributed by atoms with Gasteiger partial charge in [0.05, 0.1) is 10.1 Å². The maximum absolute atomic E-state index is 12.3. The number of rotatable bonds is 8. The largest absolute Gasteiger partial charge is 0.325 e. The van der Waals surface area contributed by atoms with E-state index in [9.17, 15) is 13.2 Å². The van der Waals surface area contributed by atoms with Gasteiger partial charge < -0.3 is 5.32 Å². The molecule has 2 aromatic rings. The van der Waals surface area contributed by atoms with Crippen LogP contribution in [0, 0.1) is 5.92 Å². The third-order valence-corrected chi connectivity index (χ3v) is 7.62. The first-order valence-electron chi connectivity index (χ1n) is 7.72. The summed E-state index contributed by atoms with van der Waals surface area (Å²) in [6.07, 6.45) is 0. The number of carbonyl (C=O) groups excluding carboxylic acids is 1. The van der Waals surface area contributed by atoms with Crippen LogP contribution in [0.25, 0.3) is 0 Å². The molecule has 1 atom stereocenters. The molecule has 3 N–H and O–H groups in total. The van der Waals surface area contributed by atoms with Gasteiger partial charge in [-0.3, -0.25) is 4.79 Å². The Morgan fingerprint density at radius 3 is 2.38 bits per heavy atom. The number of amides is 1. The van der Waals surface area contributed by atoms with Gasteiger partial charge in [-0.05, 0) is 37.1 Å². The summed E-state index contributed by atoms with van der Waals surface area (Å²) in [7, 11) is -3.75. The molecule has 1 amide bonds. The second kappa shape index (κ2) is 9.18. The van der Waals surface area contributed by atoms with Gasteiger partial charge in [-0.1, -0.05) is 48.7 Å². The Morgan fingerprint density at radius 1 is 1.19 bits per heavy atom. The predicted octanol–water partition coefficient (Wildman–Crippen LogP) is 3.05. The molecule has 142 valence electrons. The Labute approximate surface area is 165 Å². The molecule has 1 heterocycles. The zero-order valence-electron chi connectivity index (χ0n) is 14.5. The van der Waals surface area contributed by atoms with Crippen molar-refractivity contribution >= 4 is 56.5 Å². The van der Waals surface area contributed by atoms with Crippen LogP contribution in [0.4, 0.5) is 5.69 Å². The summed E-state index contributed by atoms with van der Waals surface area (Å²) in [6.45, 7) is 6.07. The zero-order valence-corrected chi connectivity index (χ0v) is 17.8. The van der Waals surface area contributed by atoms with Crippen LogP contribution in [0.3, 0.4) is 0 Å². The van der Waals surface area contributed by atoms with Crippen molar-refractivity contribution in [3.63, 3.8) is 0 Å². The van der Waals surface area contributed by atoms with Crippen molar-refractivity contribution in [2.75, 3.05) is 11.1 Å². The van der Waals surface area contributed by atoms with Crippen molar-refractivity contribution in [3.05, 3.63) is 24.3 Å². The molecule has 1 aromatic carbocycles. The number of thioether (sulfide) groups is 2. The number of nitrogens with two attached hydrogens (primary N) is 1. The molecule has 0 aliphatic carbocycles. The van der Waals surface area contributed by atoms with Crippen LogP contribution < -0.4 is 10.5 Å². The van der Waals surface area contributed by atoms with Crippen molar-refractivity contribution in [2.24, 2.45) is 11.1 Å². The smallest absolute Gasteiger partial charge is 0.238 e. The number of hydrogen-bond donors (Lipinski definition) is 2. The third kappa shape index (κ3) is 6.54. The molecule has 0 bridgehead atoms. The van der Waals surface area contributed by atoms with E-state index in [-0.39, 0.29) is 16.1 Å². The van der Waals surface area contributed by atoms with Crippen LogP contribution in [0.2, 0.25) is 0 Å². The van der Waals surface area contributed by atoms with E-state index in [1.54, 1.807) is 18.7 Å². The average molecular weight is 433 g/mol. The van der Waals surface area contributed by atoms with Gasteiger partial charge in [-0.25, -0.2) is 13.6 Å². The van der Waals surface area contributed by atoms with Crippen molar-refractivity contribution in [2.45, 2.75) is 39.6 Å². The molecule has 0 radical (unpaired) electrons. The van der Waals surface area contributed by atoms with Crippen molar-refractivity contribution in [3.8, 4) is 0 Å². The number of benzene rings is 1. The van der Waals surface area contributed by atoms with Crippen LogP contribution in [0.15, 0.2) is 37.8 Å². The van der Waals surface area contributed by atoms with Gasteiger partial charge >= 0.3 is 0 Å². The molecule has 0 saturated carbocycles. The summed E-state index contributed by atoms with van der Waals surface area (Å²) in [5, 5.41) is 15.7. The van der Waals surface area contributed by atoms with E-state index >= 15 is 0 Å². The maximum Gasteiger partial charge on any atom is 0.238 e. The molecule has 7 nitrogen and oxygen atoms in total. The molecule has 0 spiro atoms. The summed E-state index contributed by atoms with van der Waals surface area (Å²) in [4.78, 5) is 12.3. The second-order valence-electron chi connectivity index (χ2n) is 5.86. The first-order chi connectivity index (χ1) is 12.1. The Bertz CT molecular complexity index is 850. The Balaban J connectivity index is 1.91. The fourth-order valence-corrected chi connectivity index (χ4v) is 5.37. The summed E-state index contributed by atoms with van der Waals surface area (Å²) in [5.41, 5.74) is 0.500. The van der Waals surface area contributed by atoms with Crippen LogP contribution in [-0.4, -0.2) is 35.5 Å². The highest BCUT2D eigenvalue weighted by Crippen LogP contribution is 2.32. The van der Waals surface area contributed by atoms with E-state index < -0.39 is 10.0 Å². The number of anilines is 1. The lowest BCUT2D eigenvalue weighted by atomic mass is 10.3. The van der Waals surface area contributed by atoms with Gasteiger partial charge in [0.15, 0.2) is 8.68 Å². The number of carbonyl (C=O) groups is 1. The van der Waals surface area contributed by atoms with Gasteiger partial charge in [0, 0.05) is 11.4 Å². The number of nitrogens with one attached hydrogen (secondary N) is 1. The van der Waals surface area contributed by atoms with Gasteiger partial charge in [0.2, 0.25) is 15.9 Å². The first-order valence-corrected chi connectivity index (χ1v) is 11.9. The molecule has 0 unspecified atom stereocenters. The lowest BCUT2D eigenvalue weighted by Crippen LogP contribution is -2.22. The highest BCUT2D eigenvalue weighted by Gasteiger charge is 2.18. The van der Waals surface area contributed by atoms with Gasteiger partial charge in [0.1, 0.15) is 0 Å². The number of sulfonamides is 1. The van der Waals surface area contributed by atoms with Crippen LogP contribution in [0.1, 0.15) is 20.8 Å². The monoisotopic (exact) mass is 432 g/mol. The first kappa shape index (κ1) is 21.2. The minimum atomic E-state index is -3.75.